The summed E-state index contributed by atoms with van der Waals surface area (Å²) in [5, 5.41) is 10.9. The molecule has 0 bridgehead atoms. The lowest BCUT2D eigenvalue weighted by atomic mass is 10.1. The van der Waals surface area contributed by atoms with Crippen molar-refractivity contribution >= 4 is 5.90 Å². The second-order valence-electron chi connectivity index (χ2n) is 3.81. The molecular formula is C12H14NO2-. The second kappa shape index (κ2) is 4.94. The second-order valence-corrected chi connectivity index (χ2v) is 3.81. The van der Waals surface area contributed by atoms with Gasteiger partial charge in [0.1, 0.15) is 0 Å². The highest BCUT2D eigenvalue weighted by atomic mass is 16.5. The molecule has 0 saturated heterocycles. The van der Waals surface area contributed by atoms with Crippen LogP contribution in [0, 0.1) is 5.92 Å². The van der Waals surface area contributed by atoms with Crippen LogP contribution in [-0.4, -0.2) is 19.0 Å². The van der Waals surface area contributed by atoms with E-state index < -0.39 is 0 Å². The van der Waals surface area contributed by atoms with Crippen LogP contribution < -0.4 is 5.11 Å². The molecular weight excluding hydrogens is 190 g/mol. The van der Waals surface area contributed by atoms with Crippen LogP contribution in [0.2, 0.25) is 0 Å². The Morgan fingerprint density at radius 1 is 1.33 bits per heavy atom. The van der Waals surface area contributed by atoms with Crippen LogP contribution >= 0.6 is 0 Å². The van der Waals surface area contributed by atoms with E-state index in [9.17, 15) is 5.11 Å². The zero-order chi connectivity index (χ0) is 10.5. The van der Waals surface area contributed by atoms with E-state index in [1.807, 2.05) is 30.3 Å². The summed E-state index contributed by atoms with van der Waals surface area (Å²) in [6.45, 7) is 1.88. The molecule has 1 unspecified atom stereocenters. The Kier molecular flexibility index (Phi) is 3.35. The normalized spacial score (nSPS) is 20.3. The smallest absolute Gasteiger partial charge is 0.0717 e. The standard InChI is InChI=1S/C12H15NO2/c14-12-6-11(7-13-12)9-15-8-10-4-2-1-3-5-10/h1-5,11H,6-9H2,(H,13,14)/p-1. The van der Waals surface area contributed by atoms with Crippen molar-refractivity contribution in [3.05, 3.63) is 35.9 Å². The van der Waals surface area contributed by atoms with Gasteiger partial charge in [-0.15, -0.1) is 0 Å². The molecule has 1 heterocycles. The minimum atomic E-state index is 0.0170. The Morgan fingerprint density at radius 2 is 2.13 bits per heavy atom. The summed E-state index contributed by atoms with van der Waals surface area (Å²) in [7, 11) is 0. The maximum absolute atomic E-state index is 10.9. The van der Waals surface area contributed by atoms with Gasteiger partial charge in [-0.25, -0.2) is 0 Å². The Morgan fingerprint density at radius 3 is 2.80 bits per heavy atom. The molecule has 0 N–H and O–H groups in total. The van der Waals surface area contributed by atoms with E-state index in [4.69, 9.17) is 4.74 Å². The summed E-state index contributed by atoms with van der Waals surface area (Å²) in [5.41, 5.74) is 1.17. The maximum Gasteiger partial charge on any atom is 0.0717 e. The third kappa shape index (κ3) is 3.06. The molecule has 0 spiro atoms. The number of nitrogens with zero attached hydrogens (tertiary/aromatic N) is 1. The Hall–Kier alpha value is -1.35. The molecule has 0 fully saturated rings. The third-order valence-corrected chi connectivity index (χ3v) is 2.45. The van der Waals surface area contributed by atoms with Crippen LogP contribution in [-0.2, 0) is 11.3 Å². The number of hydrogen-bond donors (Lipinski definition) is 0. The topological polar surface area (TPSA) is 44.7 Å². The summed E-state index contributed by atoms with van der Waals surface area (Å²) < 4.78 is 5.54. The molecule has 0 amide bonds. The molecule has 0 saturated carbocycles. The Bertz CT molecular complexity index is 335. The van der Waals surface area contributed by atoms with Crippen molar-refractivity contribution in [2.24, 2.45) is 10.9 Å². The van der Waals surface area contributed by atoms with Crippen molar-refractivity contribution in [1.29, 1.82) is 0 Å². The van der Waals surface area contributed by atoms with E-state index in [-0.39, 0.29) is 5.90 Å². The SMILES string of the molecule is [O-]C1=NCC(COCc2ccccc2)C1. The van der Waals surface area contributed by atoms with Gasteiger partial charge >= 0.3 is 0 Å². The van der Waals surface area contributed by atoms with Crippen LogP contribution in [0.25, 0.3) is 0 Å². The fraction of sp³-hybridized carbons (Fsp3) is 0.417. The van der Waals surface area contributed by atoms with E-state index in [2.05, 4.69) is 4.99 Å². The first-order valence-electron chi connectivity index (χ1n) is 5.16. The van der Waals surface area contributed by atoms with Gasteiger partial charge in [0.15, 0.2) is 0 Å². The number of ether oxygens (including phenoxy) is 1. The predicted molar refractivity (Wildman–Crippen MR) is 56.5 cm³/mol. The van der Waals surface area contributed by atoms with Gasteiger partial charge in [0.05, 0.1) is 13.2 Å². The minimum absolute atomic E-state index is 0.0170. The largest absolute Gasteiger partial charge is 0.862 e. The molecule has 1 aromatic carbocycles. The summed E-state index contributed by atoms with van der Waals surface area (Å²) in [4.78, 5) is 3.82. The predicted octanol–water partition coefficient (Wildman–Crippen LogP) is 0.982. The van der Waals surface area contributed by atoms with Crippen LogP contribution in [0.3, 0.4) is 0 Å². The third-order valence-electron chi connectivity index (χ3n) is 2.45. The zero-order valence-corrected chi connectivity index (χ0v) is 8.56. The Balaban J connectivity index is 1.68. The van der Waals surface area contributed by atoms with Gasteiger partial charge in [0.2, 0.25) is 0 Å². The van der Waals surface area contributed by atoms with Gasteiger partial charge < -0.3 is 14.8 Å². The number of benzene rings is 1. The number of aliphatic imine (C=N–C) groups is 1. The zero-order valence-electron chi connectivity index (χ0n) is 8.56. The fourth-order valence-electron chi connectivity index (χ4n) is 1.64. The summed E-state index contributed by atoms with van der Waals surface area (Å²) >= 11 is 0. The van der Waals surface area contributed by atoms with Crippen LogP contribution in [0.15, 0.2) is 35.3 Å². The molecule has 1 aromatic rings. The van der Waals surface area contributed by atoms with Crippen molar-refractivity contribution < 1.29 is 9.84 Å². The van der Waals surface area contributed by atoms with E-state index in [1.54, 1.807) is 0 Å². The molecule has 1 aliphatic rings. The van der Waals surface area contributed by atoms with Crippen molar-refractivity contribution in [1.82, 2.24) is 0 Å². The molecule has 3 heteroatoms. The quantitative estimate of drug-likeness (QED) is 0.734. The van der Waals surface area contributed by atoms with Gasteiger partial charge in [-0.05, 0) is 17.9 Å². The van der Waals surface area contributed by atoms with Crippen molar-refractivity contribution in [3.8, 4) is 0 Å². The average Bonchev–Trinajstić information content (AvgIpc) is 2.66. The Labute approximate surface area is 89.4 Å². The highest BCUT2D eigenvalue weighted by Gasteiger charge is 2.13. The molecule has 15 heavy (non-hydrogen) atoms. The molecule has 80 valence electrons. The number of rotatable bonds is 4. The molecule has 0 aliphatic carbocycles. The van der Waals surface area contributed by atoms with Crippen molar-refractivity contribution in [2.45, 2.75) is 13.0 Å². The first kappa shape index (κ1) is 10.2. The maximum atomic E-state index is 10.9. The van der Waals surface area contributed by atoms with E-state index in [1.165, 1.54) is 5.56 Å². The van der Waals surface area contributed by atoms with Crippen molar-refractivity contribution in [2.75, 3.05) is 13.2 Å². The first-order valence-corrected chi connectivity index (χ1v) is 5.16. The molecule has 0 aromatic heterocycles. The lowest BCUT2D eigenvalue weighted by Crippen LogP contribution is -2.17. The molecule has 3 nitrogen and oxygen atoms in total. The van der Waals surface area contributed by atoms with Crippen LogP contribution in [0.4, 0.5) is 0 Å². The van der Waals surface area contributed by atoms with Crippen LogP contribution in [0.5, 0.6) is 0 Å². The minimum Gasteiger partial charge on any atom is -0.862 e. The van der Waals surface area contributed by atoms with Crippen LogP contribution in [0.1, 0.15) is 12.0 Å². The summed E-state index contributed by atoms with van der Waals surface area (Å²) in [5.74, 6) is 0.310. The van der Waals surface area contributed by atoms with Crippen molar-refractivity contribution in [3.63, 3.8) is 0 Å². The molecule has 2 rings (SSSR count). The first-order chi connectivity index (χ1) is 7.34. The van der Waals surface area contributed by atoms with Gasteiger partial charge in [-0.3, -0.25) is 0 Å². The average molecular weight is 204 g/mol. The molecule has 1 aliphatic heterocycles. The summed E-state index contributed by atoms with van der Waals surface area (Å²) in [6.07, 6.45) is 0.550. The van der Waals surface area contributed by atoms with E-state index >= 15 is 0 Å². The fourth-order valence-corrected chi connectivity index (χ4v) is 1.64. The lowest BCUT2D eigenvalue weighted by molar-refractivity contribution is -0.218. The highest BCUT2D eigenvalue weighted by Crippen LogP contribution is 2.12. The lowest BCUT2D eigenvalue weighted by Gasteiger charge is -2.10. The molecule has 0 radical (unpaired) electrons. The van der Waals surface area contributed by atoms with Gasteiger partial charge in [0, 0.05) is 12.5 Å². The van der Waals surface area contributed by atoms with Gasteiger partial charge in [0.25, 0.3) is 0 Å². The molecule has 1 atom stereocenters. The van der Waals surface area contributed by atoms with Gasteiger partial charge in [-0.2, -0.15) is 0 Å². The highest BCUT2D eigenvalue weighted by molar-refractivity contribution is 5.73. The monoisotopic (exact) mass is 204 g/mol. The van der Waals surface area contributed by atoms with E-state index in [0.29, 0.717) is 32.1 Å². The summed E-state index contributed by atoms with van der Waals surface area (Å²) in [6, 6.07) is 10.0. The number of hydrogen-bond acceptors (Lipinski definition) is 3. The van der Waals surface area contributed by atoms with Gasteiger partial charge in [-0.1, -0.05) is 30.3 Å². The van der Waals surface area contributed by atoms with E-state index in [0.717, 1.165) is 0 Å².